The third kappa shape index (κ3) is 6.73. The zero-order valence-electron chi connectivity index (χ0n) is 16.1. The standard InChI is InChI=1S/C21H25ClN2O4S/c22-20-9-5-4-6-18(20)16-29(26,27)23-14-17-10-12-24(13-11-17)21(25)15-28-19-7-2-1-3-8-19/h1-9,17,23H,10-16H2. The van der Waals surface area contributed by atoms with E-state index in [9.17, 15) is 13.2 Å². The fraction of sp³-hybridized carbons (Fsp3) is 0.381. The quantitative estimate of drug-likeness (QED) is 0.690. The SMILES string of the molecule is O=C(COc1ccccc1)N1CCC(CNS(=O)(=O)Cc2ccccc2Cl)CC1. The van der Waals surface area contributed by atoms with E-state index in [0.29, 0.717) is 36.0 Å². The number of hydrogen-bond donors (Lipinski definition) is 1. The van der Waals surface area contributed by atoms with Gasteiger partial charge in [0, 0.05) is 24.7 Å². The zero-order chi connectivity index (χ0) is 20.7. The van der Waals surface area contributed by atoms with Crippen LogP contribution in [0.15, 0.2) is 54.6 Å². The number of sulfonamides is 1. The first-order valence-electron chi connectivity index (χ1n) is 9.59. The molecule has 1 fully saturated rings. The van der Waals surface area contributed by atoms with Crippen LogP contribution in [0.2, 0.25) is 5.02 Å². The first-order valence-corrected chi connectivity index (χ1v) is 11.6. The van der Waals surface area contributed by atoms with Gasteiger partial charge in [-0.2, -0.15) is 0 Å². The molecule has 0 unspecified atom stereocenters. The average Bonchev–Trinajstić information content (AvgIpc) is 2.73. The molecule has 0 saturated carbocycles. The smallest absolute Gasteiger partial charge is 0.260 e. The molecule has 2 aromatic rings. The van der Waals surface area contributed by atoms with Crippen LogP contribution in [0.25, 0.3) is 0 Å². The van der Waals surface area contributed by atoms with Gasteiger partial charge in [-0.25, -0.2) is 13.1 Å². The zero-order valence-corrected chi connectivity index (χ0v) is 17.7. The van der Waals surface area contributed by atoms with Gasteiger partial charge in [-0.05, 0) is 42.5 Å². The van der Waals surface area contributed by atoms with Crippen LogP contribution in [0.5, 0.6) is 5.75 Å². The van der Waals surface area contributed by atoms with Gasteiger partial charge in [0.15, 0.2) is 6.61 Å². The summed E-state index contributed by atoms with van der Waals surface area (Å²) in [6.45, 7) is 1.59. The molecule has 1 amide bonds. The number of carbonyl (C=O) groups is 1. The summed E-state index contributed by atoms with van der Waals surface area (Å²) in [6.07, 6.45) is 1.51. The predicted octanol–water partition coefficient (Wildman–Crippen LogP) is 3.08. The molecule has 1 aliphatic heterocycles. The molecular formula is C21H25ClN2O4S. The summed E-state index contributed by atoms with van der Waals surface area (Å²) < 4.78 is 32.9. The van der Waals surface area contributed by atoms with E-state index in [4.69, 9.17) is 16.3 Å². The van der Waals surface area contributed by atoms with Crippen LogP contribution in [0.3, 0.4) is 0 Å². The Hall–Kier alpha value is -2.09. The molecule has 1 heterocycles. The number of rotatable bonds is 8. The first kappa shape index (κ1) is 21.6. The van der Waals surface area contributed by atoms with Crippen LogP contribution in [0.1, 0.15) is 18.4 Å². The Labute approximate surface area is 176 Å². The fourth-order valence-corrected chi connectivity index (χ4v) is 4.79. The number of carbonyl (C=O) groups excluding carboxylic acids is 1. The Bertz CT molecular complexity index is 913. The summed E-state index contributed by atoms with van der Waals surface area (Å²) in [5, 5.41) is 0.447. The summed E-state index contributed by atoms with van der Waals surface area (Å²) >= 11 is 6.05. The van der Waals surface area contributed by atoms with Crippen molar-refractivity contribution in [1.82, 2.24) is 9.62 Å². The van der Waals surface area contributed by atoms with Crippen molar-refractivity contribution in [3.8, 4) is 5.75 Å². The number of hydrogen-bond acceptors (Lipinski definition) is 4. The topological polar surface area (TPSA) is 75.7 Å². The molecule has 3 rings (SSSR count). The summed E-state index contributed by atoms with van der Waals surface area (Å²) in [7, 11) is -3.46. The number of nitrogens with one attached hydrogen (secondary N) is 1. The van der Waals surface area contributed by atoms with Gasteiger partial charge < -0.3 is 9.64 Å². The number of amides is 1. The maximum absolute atomic E-state index is 12.3. The third-order valence-electron chi connectivity index (χ3n) is 4.97. The van der Waals surface area contributed by atoms with Crippen molar-refractivity contribution in [3.05, 3.63) is 65.2 Å². The van der Waals surface area contributed by atoms with Crippen molar-refractivity contribution in [2.75, 3.05) is 26.2 Å². The highest BCUT2D eigenvalue weighted by Gasteiger charge is 2.24. The third-order valence-corrected chi connectivity index (χ3v) is 6.63. The highest BCUT2D eigenvalue weighted by atomic mass is 35.5. The lowest BCUT2D eigenvalue weighted by Crippen LogP contribution is -2.43. The number of nitrogens with zero attached hydrogens (tertiary/aromatic N) is 1. The second-order valence-electron chi connectivity index (χ2n) is 7.12. The minimum Gasteiger partial charge on any atom is -0.484 e. The van der Waals surface area contributed by atoms with E-state index in [-0.39, 0.29) is 24.2 Å². The highest BCUT2D eigenvalue weighted by Crippen LogP contribution is 2.19. The van der Waals surface area contributed by atoms with Crippen LogP contribution >= 0.6 is 11.6 Å². The van der Waals surface area contributed by atoms with Crippen molar-refractivity contribution < 1.29 is 17.9 Å². The molecule has 0 atom stereocenters. The average molecular weight is 437 g/mol. The number of likely N-dealkylation sites (tertiary alicyclic amines) is 1. The molecule has 0 aliphatic carbocycles. The monoisotopic (exact) mass is 436 g/mol. The Morgan fingerprint density at radius 2 is 1.72 bits per heavy atom. The lowest BCUT2D eigenvalue weighted by molar-refractivity contribution is -0.134. The predicted molar refractivity (Wildman–Crippen MR) is 113 cm³/mol. The molecule has 0 bridgehead atoms. The van der Waals surface area contributed by atoms with Gasteiger partial charge in [0.25, 0.3) is 5.91 Å². The maximum Gasteiger partial charge on any atom is 0.260 e. The number of ether oxygens (including phenoxy) is 1. The van der Waals surface area contributed by atoms with Gasteiger partial charge in [-0.1, -0.05) is 48.0 Å². The summed E-state index contributed by atoms with van der Waals surface area (Å²) in [6, 6.07) is 16.2. The second-order valence-corrected chi connectivity index (χ2v) is 9.34. The molecule has 29 heavy (non-hydrogen) atoms. The number of piperidine rings is 1. The van der Waals surface area contributed by atoms with Gasteiger partial charge in [-0.3, -0.25) is 4.79 Å². The van der Waals surface area contributed by atoms with E-state index in [1.165, 1.54) is 0 Å². The Morgan fingerprint density at radius 1 is 1.07 bits per heavy atom. The molecule has 1 N–H and O–H groups in total. The minimum absolute atomic E-state index is 0.0130. The van der Waals surface area contributed by atoms with Crippen molar-refractivity contribution in [2.45, 2.75) is 18.6 Å². The largest absolute Gasteiger partial charge is 0.484 e. The molecule has 1 aliphatic rings. The van der Waals surface area contributed by atoms with Crippen LogP contribution < -0.4 is 9.46 Å². The van der Waals surface area contributed by atoms with Crippen molar-refractivity contribution in [1.29, 1.82) is 0 Å². The Kier molecular flexibility index (Phi) is 7.52. The molecule has 0 spiro atoms. The maximum atomic E-state index is 12.3. The van der Waals surface area contributed by atoms with Crippen molar-refractivity contribution >= 4 is 27.5 Å². The lowest BCUT2D eigenvalue weighted by atomic mass is 9.97. The molecule has 2 aromatic carbocycles. The number of benzene rings is 2. The van der Waals surface area contributed by atoms with Crippen molar-refractivity contribution in [2.24, 2.45) is 5.92 Å². The Balaban J connectivity index is 1.40. The number of halogens is 1. The summed E-state index contributed by atoms with van der Waals surface area (Å²) in [5.74, 6) is 0.686. The van der Waals surface area contributed by atoms with E-state index in [1.54, 1.807) is 29.2 Å². The van der Waals surface area contributed by atoms with E-state index in [2.05, 4.69) is 4.72 Å². The van der Waals surface area contributed by atoms with Crippen LogP contribution in [-0.2, 0) is 20.6 Å². The highest BCUT2D eigenvalue weighted by molar-refractivity contribution is 7.88. The van der Waals surface area contributed by atoms with Crippen LogP contribution in [0, 0.1) is 5.92 Å². The summed E-state index contributed by atoms with van der Waals surface area (Å²) in [4.78, 5) is 14.1. The van der Waals surface area contributed by atoms with Gasteiger partial charge in [0.1, 0.15) is 5.75 Å². The Morgan fingerprint density at radius 3 is 2.41 bits per heavy atom. The van der Waals surface area contributed by atoms with Gasteiger partial charge >= 0.3 is 0 Å². The van der Waals surface area contributed by atoms with Crippen molar-refractivity contribution in [3.63, 3.8) is 0 Å². The molecule has 0 radical (unpaired) electrons. The molecular weight excluding hydrogens is 412 g/mol. The first-order chi connectivity index (χ1) is 13.9. The normalized spacial score (nSPS) is 15.3. The van der Waals surface area contributed by atoms with Gasteiger partial charge in [0.2, 0.25) is 10.0 Å². The van der Waals surface area contributed by atoms with E-state index in [0.717, 1.165) is 12.8 Å². The van der Waals surface area contributed by atoms with E-state index >= 15 is 0 Å². The number of para-hydroxylation sites is 1. The van der Waals surface area contributed by atoms with Gasteiger partial charge in [0.05, 0.1) is 5.75 Å². The van der Waals surface area contributed by atoms with Gasteiger partial charge in [-0.15, -0.1) is 0 Å². The molecule has 1 saturated heterocycles. The second kappa shape index (κ2) is 10.1. The molecule has 6 nitrogen and oxygen atoms in total. The fourth-order valence-electron chi connectivity index (χ4n) is 3.26. The molecule has 8 heteroatoms. The van der Waals surface area contributed by atoms with Crippen LogP contribution in [0.4, 0.5) is 0 Å². The lowest BCUT2D eigenvalue weighted by Gasteiger charge is -2.32. The summed E-state index contributed by atoms with van der Waals surface area (Å²) in [5.41, 5.74) is 0.584. The molecule has 0 aromatic heterocycles. The van der Waals surface area contributed by atoms with E-state index in [1.807, 2.05) is 30.3 Å². The minimum atomic E-state index is -3.46. The molecule has 156 valence electrons. The van der Waals surface area contributed by atoms with Crippen LogP contribution in [-0.4, -0.2) is 45.5 Å². The van der Waals surface area contributed by atoms with E-state index < -0.39 is 10.0 Å².